The highest BCUT2D eigenvalue weighted by molar-refractivity contribution is 5.95. The van der Waals surface area contributed by atoms with Crippen LogP contribution in [0.15, 0.2) is 42.5 Å². The molecule has 152 valence electrons. The Hall–Kier alpha value is -3.28. The van der Waals surface area contributed by atoms with Gasteiger partial charge in [0.1, 0.15) is 5.75 Å². The number of aromatic carboxylic acids is 1. The second kappa shape index (κ2) is 7.99. The van der Waals surface area contributed by atoms with Crippen molar-refractivity contribution in [2.75, 3.05) is 7.11 Å². The number of carboxylic acids is 1. The van der Waals surface area contributed by atoms with E-state index in [-0.39, 0.29) is 11.6 Å². The summed E-state index contributed by atoms with van der Waals surface area (Å²) in [6.07, 6.45) is -0.698. The molecule has 6 nitrogen and oxygen atoms in total. The summed E-state index contributed by atoms with van der Waals surface area (Å²) >= 11 is 0. The fraction of sp³-hybridized carbons (Fsp3) is 0.304. The number of hydrogen-bond donors (Lipinski definition) is 1. The lowest BCUT2D eigenvalue weighted by Crippen LogP contribution is -2.25. The Balaban J connectivity index is 2.01. The van der Waals surface area contributed by atoms with Gasteiger partial charge in [-0.3, -0.25) is 0 Å². The van der Waals surface area contributed by atoms with Crippen LogP contribution in [-0.4, -0.2) is 34.8 Å². The summed E-state index contributed by atoms with van der Waals surface area (Å²) < 4.78 is 12.6. The van der Waals surface area contributed by atoms with E-state index < -0.39 is 18.0 Å². The van der Waals surface area contributed by atoms with Gasteiger partial charge in [0.2, 0.25) is 0 Å². The van der Waals surface area contributed by atoms with E-state index in [0.29, 0.717) is 5.75 Å². The second-order valence-corrected chi connectivity index (χ2v) is 7.15. The molecule has 0 bridgehead atoms. The second-order valence-electron chi connectivity index (χ2n) is 7.15. The Morgan fingerprint density at radius 2 is 1.79 bits per heavy atom. The molecule has 2 aromatic carbocycles. The summed E-state index contributed by atoms with van der Waals surface area (Å²) in [6.45, 7) is 7.77. The third kappa shape index (κ3) is 3.83. The van der Waals surface area contributed by atoms with Crippen molar-refractivity contribution < 1.29 is 24.2 Å². The van der Waals surface area contributed by atoms with E-state index in [1.807, 2.05) is 38.1 Å². The molecule has 2 atom stereocenters. The molecule has 0 amide bonds. The predicted octanol–water partition coefficient (Wildman–Crippen LogP) is 4.51. The molecule has 0 saturated heterocycles. The molecule has 1 aromatic heterocycles. The van der Waals surface area contributed by atoms with Crippen LogP contribution in [-0.2, 0) is 9.53 Å². The largest absolute Gasteiger partial charge is 0.479 e. The van der Waals surface area contributed by atoms with Gasteiger partial charge in [-0.25, -0.2) is 9.59 Å². The fourth-order valence-electron chi connectivity index (χ4n) is 3.65. The Labute approximate surface area is 169 Å². The van der Waals surface area contributed by atoms with Crippen LogP contribution in [0.5, 0.6) is 5.75 Å². The first-order valence-corrected chi connectivity index (χ1v) is 9.43. The van der Waals surface area contributed by atoms with E-state index in [1.54, 1.807) is 25.1 Å². The maximum absolute atomic E-state index is 11.6. The standard InChI is InChI=1S/C23H25NO5/c1-13-14(2)24(21-10-9-18(22(25)26)12-20(13)21)15(3)17-7-6-8-19(11-17)29-16(4)23(27)28-5/h6-12,15-16H,1-5H3,(H,25,26)/t15?,16-/m0/s1. The molecular weight excluding hydrogens is 370 g/mol. The molecule has 1 N–H and O–H groups in total. The quantitative estimate of drug-likeness (QED) is 0.622. The van der Waals surface area contributed by atoms with Gasteiger partial charge in [0.25, 0.3) is 0 Å². The molecule has 3 rings (SSSR count). The molecule has 0 fully saturated rings. The van der Waals surface area contributed by atoms with Gasteiger partial charge in [-0.1, -0.05) is 12.1 Å². The number of nitrogens with zero attached hydrogens (tertiary/aromatic N) is 1. The summed E-state index contributed by atoms with van der Waals surface area (Å²) in [6, 6.07) is 12.8. The molecule has 0 aliphatic carbocycles. The van der Waals surface area contributed by atoms with Crippen molar-refractivity contribution in [1.82, 2.24) is 4.57 Å². The first-order chi connectivity index (χ1) is 13.7. The number of esters is 1. The SMILES string of the molecule is COC(=O)[C@H](C)Oc1cccc(C(C)n2c(C)c(C)c3cc(C(=O)O)ccc32)c1. The zero-order valence-electron chi connectivity index (χ0n) is 17.2. The zero-order chi connectivity index (χ0) is 21.3. The molecule has 1 unspecified atom stereocenters. The number of fused-ring (bicyclic) bond motifs is 1. The molecule has 1 heterocycles. The molecule has 0 spiro atoms. The lowest BCUT2D eigenvalue weighted by atomic mass is 10.1. The minimum Gasteiger partial charge on any atom is -0.479 e. The number of rotatable bonds is 6. The maximum atomic E-state index is 11.6. The lowest BCUT2D eigenvalue weighted by Gasteiger charge is -2.20. The molecule has 0 aliphatic heterocycles. The van der Waals surface area contributed by atoms with Crippen LogP contribution in [0.2, 0.25) is 0 Å². The molecule has 6 heteroatoms. The van der Waals surface area contributed by atoms with Crippen molar-refractivity contribution in [3.63, 3.8) is 0 Å². The van der Waals surface area contributed by atoms with Crippen LogP contribution in [0.4, 0.5) is 0 Å². The number of aryl methyl sites for hydroxylation is 1. The number of aromatic nitrogens is 1. The van der Waals surface area contributed by atoms with Crippen LogP contribution in [0.3, 0.4) is 0 Å². The lowest BCUT2D eigenvalue weighted by molar-refractivity contribution is -0.147. The number of carbonyl (C=O) groups excluding carboxylic acids is 1. The molecule has 0 radical (unpaired) electrons. The third-order valence-corrected chi connectivity index (χ3v) is 5.38. The van der Waals surface area contributed by atoms with Gasteiger partial charge in [-0.05, 0) is 69.2 Å². The number of methoxy groups -OCH3 is 1. The average Bonchev–Trinajstić information content (AvgIpc) is 2.96. The van der Waals surface area contributed by atoms with Crippen LogP contribution in [0.1, 0.15) is 47.1 Å². The van der Waals surface area contributed by atoms with Crippen LogP contribution in [0, 0.1) is 13.8 Å². The van der Waals surface area contributed by atoms with E-state index >= 15 is 0 Å². The minimum atomic E-state index is -0.936. The maximum Gasteiger partial charge on any atom is 0.346 e. The summed E-state index contributed by atoms with van der Waals surface area (Å²) in [5, 5.41) is 10.2. The van der Waals surface area contributed by atoms with E-state index in [1.165, 1.54) is 7.11 Å². The van der Waals surface area contributed by atoms with Gasteiger partial charge >= 0.3 is 11.9 Å². The Bertz CT molecular complexity index is 1080. The Kier molecular flexibility index (Phi) is 5.64. The van der Waals surface area contributed by atoms with Crippen molar-refractivity contribution in [1.29, 1.82) is 0 Å². The van der Waals surface area contributed by atoms with Gasteiger partial charge in [0, 0.05) is 16.6 Å². The predicted molar refractivity (Wildman–Crippen MR) is 111 cm³/mol. The van der Waals surface area contributed by atoms with E-state index in [0.717, 1.165) is 27.7 Å². The highest BCUT2D eigenvalue weighted by atomic mass is 16.6. The number of carbonyl (C=O) groups is 2. The number of carboxylic acid groups (broad SMARTS) is 1. The topological polar surface area (TPSA) is 77.8 Å². The van der Waals surface area contributed by atoms with Gasteiger partial charge in [0.15, 0.2) is 6.10 Å². The molecule has 0 aliphatic rings. The number of hydrogen-bond acceptors (Lipinski definition) is 4. The third-order valence-electron chi connectivity index (χ3n) is 5.38. The van der Waals surface area contributed by atoms with Gasteiger partial charge in [-0.15, -0.1) is 0 Å². The summed E-state index contributed by atoms with van der Waals surface area (Å²) in [5.41, 5.74) is 4.40. The summed E-state index contributed by atoms with van der Waals surface area (Å²) in [4.78, 5) is 23.0. The highest BCUT2D eigenvalue weighted by Gasteiger charge is 2.20. The number of ether oxygens (including phenoxy) is 2. The number of benzene rings is 2. The monoisotopic (exact) mass is 395 g/mol. The van der Waals surface area contributed by atoms with Gasteiger partial charge in [-0.2, -0.15) is 0 Å². The van der Waals surface area contributed by atoms with E-state index in [2.05, 4.69) is 11.5 Å². The van der Waals surface area contributed by atoms with E-state index in [9.17, 15) is 14.7 Å². The normalized spacial score (nSPS) is 13.1. The molecule has 29 heavy (non-hydrogen) atoms. The van der Waals surface area contributed by atoms with Crippen LogP contribution >= 0.6 is 0 Å². The highest BCUT2D eigenvalue weighted by Crippen LogP contribution is 2.33. The average molecular weight is 395 g/mol. The zero-order valence-corrected chi connectivity index (χ0v) is 17.2. The summed E-state index contributed by atoms with van der Waals surface area (Å²) in [7, 11) is 1.33. The first-order valence-electron chi connectivity index (χ1n) is 9.43. The molecule has 0 saturated carbocycles. The molecule has 3 aromatic rings. The van der Waals surface area contributed by atoms with E-state index in [4.69, 9.17) is 9.47 Å². The van der Waals surface area contributed by atoms with Crippen LogP contribution < -0.4 is 4.74 Å². The minimum absolute atomic E-state index is 0.0149. The smallest absolute Gasteiger partial charge is 0.346 e. The van der Waals surface area contributed by atoms with Gasteiger partial charge < -0.3 is 19.1 Å². The Morgan fingerprint density at radius 1 is 1.07 bits per heavy atom. The Morgan fingerprint density at radius 3 is 2.45 bits per heavy atom. The first kappa shape index (κ1) is 20.5. The van der Waals surface area contributed by atoms with Gasteiger partial charge in [0.05, 0.1) is 18.7 Å². The van der Waals surface area contributed by atoms with Crippen LogP contribution in [0.25, 0.3) is 10.9 Å². The van der Waals surface area contributed by atoms with Crippen molar-refractivity contribution in [2.24, 2.45) is 0 Å². The van der Waals surface area contributed by atoms with Crippen molar-refractivity contribution >= 4 is 22.8 Å². The fourth-order valence-corrected chi connectivity index (χ4v) is 3.65. The van der Waals surface area contributed by atoms with Crippen molar-refractivity contribution in [3.8, 4) is 5.75 Å². The van der Waals surface area contributed by atoms with Crippen molar-refractivity contribution in [2.45, 2.75) is 39.8 Å². The van der Waals surface area contributed by atoms with Crippen molar-refractivity contribution in [3.05, 3.63) is 64.8 Å². The summed E-state index contributed by atoms with van der Waals surface area (Å²) in [5.74, 6) is -0.777. The molecular formula is C23H25NO5.